The van der Waals surface area contributed by atoms with Gasteiger partial charge in [0.05, 0.1) is 11.1 Å². The second kappa shape index (κ2) is 6.09. The Hall–Kier alpha value is -2.66. The molecule has 1 aliphatic rings. The fourth-order valence-corrected chi connectivity index (χ4v) is 3.48. The van der Waals surface area contributed by atoms with Crippen LogP contribution in [0.25, 0.3) is 11.0 Å². The van der Waals surface area contributed by atoms with Crippen LogP contribution in [0.1, 0.15) is 34.1 Å². The number of benzene rings is 2. The van der Waals surface area contributed by atoms with Crippen LogP contribution in [0.5, 0.6) is 0 Å². The zero-order chi connectivity index (χ0) is 16.5. The summed E-state index contributed by atoms with van der Waals surface area (Å²) in [6.07, 6.45) is 1.07. The van der Waals surface area contributed by atoms with Gasteiger partial charge in [-0.15, -0.1) is 0 Å². The number of carbonyl (C=O) groups is 1. The van der Waals surface area contributed by atoms with Crippen molar-refractivity contribution in [3.8, 4) is 0 Å². The van der Waals surface area contributed by atoms with Gasteiger partial charge in [-0.25, -0.2) is 4.98 Å². The molecule has 1 saturated heterocycles. The molecule has 2 aromatic carbocycles. The van der Waals surface area contributed by atoms with E-state index in [9.17, 15) is 4.79 Å². The Balaban J connectivity index is 1.54. The van der Waals surface area contributed by atoms with Gasteiger partial charge >= 0.3 is 0 Å². The highest BCUT2D eigenvalue weighted by molar-refractivity contribution is 6.04. The minimum Gasteiger partial charge on any atom is -0.366 e. The van der Waals surface area contributed by atoms with Crippen molar-refractivity contribution in [2.24, 2.45) is 5.73 Å². The largest absolute Gasteiger partial charge is 0.366 e. The van der Waals surface area contributed by atoms with Crippen LogP contribution in [0.3, 0.4) is 0 Å². The SMILES string of the molecule is NC(=O)c1cccc2[nH]c(C3CCN(Cc4ccccc4)C3)nc12. The molecule has 0 saturated carbocycles. The van der Waals surface area contributed by atoms with Crippen molar-refractivity contribution < 1.29 is 4.79 Å². The minimum atomic E-state index is -0.434. The van der Waals surface area contributed by atoms with Crippen LogP contribution in [-0.2, 0) is 6.54 Å². The summed E-state index contributed by atoms with van der Waals surface area (Å²) < 4.78 is 0. The van der Waals surface area contributed by atoms with E-state index in [0.717, 1.165) is 37.4 Å². The topological polar surface area (TPSA) is 75.0 Å². The molecule has 1 fully saturated rings. The van der Waals surface area contributed by atoms with E-state index in [2.05, 4.69) is 39.1 Å². The van der Waals surface area contributed by atoms with Gasteiger partial charge in [-0.3, -0.25) is 9.69 Å². The number of amides is 1. The molecule has 0 bridgehead atoms. The summed E-state index contributed by atoms with van der Waals surface area (Å²) in [6, 6.07) is 16.0. The van der Waals surface area contributed by atoms with Crippen molar-refractivity contribution >= 4 is 16.9 Å². The number of H-pyrrole nitrogens is 1. The highest BCUT2D eigenvalue weighted by Gasteiger charge is 2.26. The molecule has 1 atom stereocenters. The maximum absolute atomic E-state index is 11.6. The number of hydrogen-bond donors (Lipinski definition) is 2. The van der Waals surface area contributed by atoms with Gasteiger partial charge in [-0.1, -0.05) is 36.4 Å². The summed E-state index contributed by atoms with van der Waals surface area (Å²) in [5.41, 5.74) is 8.82. The summed E-state index contributed by atoms with van der Waals surface area (Å²) in [4.78, 5) is 22.1. The molecule has 5 heteroatoms. The number of para-hydroxylation sites is 1. The predicted molar refractivity (Wildman–Crippen MR) is 93.7 cm³/mol. The van der Waals surface area contributed by atoms with Gasteiger partial charge in [-0.2, -0.15) is 0 Å². The Labute approximate surface area is 140 Å². The molecule has 3 aromatic rings. The van der Waals surface area contributed by atoms with Crippen molar-refractivity contribution in [3.05, 3.63) is 65.5 Å². The number of aromatic amines is 1. The zero-order valence-electron chi connectivity index (χ0n) is 13.4. The number of fused-ring (bicyclic) bond motifs is 1. The average Bonchev–Trinajstić information content (AvgIpc) is 3.21. The summed E-state index contributed by atoms with van der Waals surface area (Å²) in [5.74, 6) is 0.881. The smallest absolute Gasteiger partial charge is 0.250 e. The van der Waals surface area contributed by atoms with E-state index in [4.69, 9.17) is 5.73 Å². The molecule has 1 unspecified atom stereocenters. The molecule has 0 spiro atoms. The van der Waals surface area contributed by atoms with Gasteiger partial charge < -0.3 is 10.7 Å². The Morgan fingerprint density at radius 1 is 1.21 bits per heavy atom. The van der Waals surface area contributed by atoms with Crippen LogP contribution in [0, 0.1) is 0 Å². The number of rotatable bonds is 4. The fourth-order valence-electron chi connectivity index (χ4n) is 3.48. The lowest BCUT2D eigenvalue weighted by atomic mass is 10.1. The van der Waals surface area contributed by atoms with Crippen molar-refractivity contribution in [2.75, 3.05) is 13.1 Å². The third-order valence-corrected chi connectivity index (χ3v) is 4.70. The van der Waals surface area contributed by atoms with Crippen molar-refractivity contribution in [1.29, 1.82) is 0 Å². The van der Waals surface area contributed by atoms with Gasteiger partial charge in [0.25, 0.3) is 5.91 Å². The Morgan fingerprint density at radius 3 is 2.83 bits per heavy atom. The van der Waals surface area contributed by atoms with Crippen LogP contribution in [-0.4, -0.2) is 33.9 Å². The normalized spacial score (nSPS) is 18.2. The van der Waals surface area contributed by atoms with Crippen molar-refractivity contribution in [3.63, 3.8) is 0 Å². The molecule has 1 amide bonds. The number of aromatic nitrogens is 2. The predicted octanol–water partition coefficient (Wildman–Crippen LogP) is 2.65. The molecule has 24 heavy (non-hydrogen) atoms. The van der Waals surface area contributed by atoms with E-state index in [-0.39, 0.29) is 0 Å². The first-order chi connectivity index (χ1) is 11.7. The number of nitrogens with one attached hydrogen (secondary N) is 1. The van der Waals surface area contributed by atoms with Gasteiger partial charge in [0.2, 0.25) is 0 Å². The lowest BCUT2D eigenvalue weighted by molar-refractivity contribution is 0.100. The second-order valence-electron chi connectivity index (χ2n) is 6.39. The quantitative estimate of drug-likeness (QED) is 0.776. The number of imidazole rings is 1. The third kappa shape index (κ3) is 2.78. The van der Waals surface area contributed by atoms with Crippen LogP contribution >= 0.6 is 0 Å². The van der Waals surface area contributed by atoms with E-state index in [1.165, 1.54) is 5.56 Å². The Morgan fingerprint density at radius 2 is 2.04 bits per heavy atom. The van der Waals surface area contributed by atoms with Crippen molar-refractivity contribution in [1.82, 2.24) is 14.9 Å². The highest BCUT2D eigenvalue weighted by atomic mass is 16.1. The van der Waals surface area contributed by atoms with Gasteiger partial charge in [0.15, 0.2) is 0 Å². The van der Waals surface area contributed by atoms with Gasteiger partial charge in [-0.05, 0) is 30.7 Å². The summed E-state index contributed by atoms with van der Waals surface area (Å²) in [7, 11) is 0. The molecule has 1 aliphatic heterocycles. The molecule has 0 radical (unpaired) electrons. The number of primary amides is 1. The molecule has 122 valence electrons. The maximum Gasteiger partial charge on any atom is 0.250 e. The molecule has 3 N–H and O–H groups in total. The zero-order valence-corrected chi connectivity index (χ0v) is 13.4. The molecule has 1 aromatic heterocycles. The van der Waals surface area contributed by atoms with E-state index >= 15 is 0 Å². The molecular weight excluding hydrogens is 300 g/mol. The molecular formula is C19H20N4O. The van der Waals surface area contributed by atoms with Crippen LogP contribution in [0.15, 0.2) is 48.5 Å². The lowest BCUT2D eigenvalue weighted by Crippen LogP contribution is -2.19. The first kappa shape index (κ1) is 14.9. The third-order valence-electron chi connectivity index (χ3n) is 4.70. The standard InChI is InChI=1S/C19H20N4O/c20-18(24)15-7-4-8-16-17(15)22-19(21-16)14-9-10-23(12-14)11-13-5-2-1-3-6-13/h1-8,14H,9-12H2,(H2,20,24)(H,21,22). The average molecular weight is 320 g/mol. The van der Waals surface area contributed by atoms with Crippen molar-refractivity contribution in [2.45, 2.75) is 18.9 Å². The Kier molecular flexibility index (Phi) is 3.78. The van der Waals surface area contributed by atoms with E-state index in [1.54, 1.807) is 6.07 Å². The van der Waals surface area contributed by atoms with Gasteiger partial charge in [0, 0.05) is 19.0 Å². The summed E-state index contributed by atoms with van der Waals surface area (Å²) in [5, 5.41) is 0. The van der Waals surface area contributed by atoms with Crippen LogP contribution < -0.4 is 5.73 Å². The minimum absolute atomic E-state index is 0.363. The summed E-state index contributed by atoms with van der Waals surface area (Å²) in [6.45, 7) is 2.99. The number of nitrogens with zero attached hydrogens (tertiary/aromatic N) is 2. The van der Waals surface area contributed by atoms with Crippen LogP contribution in [0.2, 0.25) is 0 Å². The highest BCUT2D eigenvalue weighted by Crippen LogP contribution is 2.28. The van der Waals surface area contributed by atoms with E-state index < -0.39 is 5.91 Å². The number of hydrogen-bond acceptors (Lipinski definition) is 3. The molecule has 4 rings (SSSR count). The maximum atomic E-state index is 11.6. The summed E-state index contributed by atoms with van der Waals surface area (Å²) >= 11 is 0. The lowest BCUT2D eigenvalue weighted by Gasteiger charge is -2.15. The molecule has 0 aliphatic carbocycles. The van der Waals surface area contributed by atoms with Crippen LogP contribution in [0.4, 0.5) is 0 Å². The molecule has 5 nitrogen and oxygen atoms in total. The first-order valence-electron chi connectivity index (χ1n) is 8.25. The number of nitrogens with two attached hydrogens (primary N) is 1. The first-order valence-corrected chi connectivity index (χ1v) is 8.25. The monoisotopic (exact) mass is 320 g/mol. The van der Waals surface area contributed by atoms with E-state index in [1.807, 2.05) is 18.2 Å². The van der Waals surface area contributed by atoms with E-state index in [0.29, 0.717) is 17.0 Å². The fraction of sp³-hybridized carbons (Fsp3) is 0.263. The second-order valence-corrected chi connectivity index (χ2v) is 6.39. The number of likely N-dealkylation sites (tertiary alicyclic amines) is 1. The molecule has 2 heterocycles. The number of carbonyl (C=O) groups excluding carboxylic acids is 1. The van der Waals surface area contributed by atoms with Gasteiger partial charge in [0.1, 0.15) is 11.3 Å². The Bertz CT molecular complexity index is 871.